The standard InChI is InChI=1S/C12H15NO3/c14-12(13-11-8-15-9-11)16-7-6-10-4-2-1-3-5-10/h1-5,11H,6-9H2,(H,13,14). The van der Waals surface area contributed by atoms with E-state index in [2.05, 4.69) is 5.32 Å². The van der Waals surface area contributed by atoms with Crippen molar-refractivity contribution in [3.8, 4) is 0 Å². The minimum atomic E-state index is -0.357. The van der Waals surface area contributed by atoms with Gasteiger partial charge in [-0.05, 0) is 5.56 Å². The van der Waals surface area contributed by atoms with E-state index in [1.54, 1.807) is 0 Å². The highest BCUT2D eigenvalue weighted by atomic mass is 16.6. The molecule has 1 heterocycles. The maximum Gasteiger partial charge on any atom is 0.407 e. The summed E-state index contributed by atoms with van der Waals surface area (Å²) in [5.41, 5.74) is 1.17. The van der Waals surface area contributed by atoms with Crippen molar-refractivity contribution in [2.45, 2.75) is 12.5 Å². The van der Waals surface area contributed by atoms with Crippen LogP contribution in [0.3, 0.4) is 0 Å². The zero-order chi connectivity index (χ0) is 11.2. The summed E-state index contributed by atoms with van der Waals surface area (Å²) >= 11 is 0. The maximum absolute atomic E-state index is 11.2. The summed E-state index contributed by atoms with van der Waals surface area (Å²) in [7, 11) is 0. The average Bonchev–Trinajstić information content (AvgIpc) is 2.25. The molecule has 1 aromatic carbocycles. The molecule has 0 atom stereocenters. The van der Waals surface area contributed by atoms with Crippen LogP contribution in [0.5, 0.6) is 0 Å². The molecule has 4 nitrogen and oxygen atoms in total. The molecule has 1 aliphatic heterocycles. The van der Waals surface area contributed by atoms with Gasteiger partial charge in [-0.1, -0.05) is 30.3 Å². The molecule has 0 bridgehead atoms. The number of nitrogens with one attached hydrogen (secondary N) is 1. The van der Waals surface area contributed by atoms with Gasteiger partial charge in [-0.3, -0.25) is 0 Å². The smallest absolute Gasteiger partial charge is 0.407 e. The molecule has 0 radical (unpaired) electrons. The quantitative estimate of drug-likeness (QED) is 0.835. The predicted molar refractivity (Wildman–Crippen MR) is 59.2 cm³/mol. The van der Waals surface area contributed by atoms with Gasteiger partial charge in [-0.15, -0.1) is 0 Å². The van der Waals surface area contributed by atoms with Crippen LogP contribution in [0.15, 0.2) is 30.3 Å². The van der Waals surface area contributed by atoms with Crippen LogP contribution >= 0.6 is 0 Å². The molecule has 0 aliphatic carbocycles. The zero-order valence-corrected chi connectivity index (χ0v) is 9.02. The molecule has 0 saturated carbocycles. The summed E-state index contributed by atoms with van der Waals surface area (Å²) in [6.45, 7) is 1.59. The van der Waals surface area contributed by atoms with Crippen molar-refractivity contribution < 1.29 is 14.3 Å². The molecule has 0 spiro atoms. The first-order valence-corrected chi connectivity index (χ1v) is 5.39. The van der Waals surface area contributed by atoms with Gasteiger partial charge in [-0.25, -0.2) is 4.79 Å². The molecule has 1 aliphatic rings. The molecule has 1 saturated heterocycles. The van der Waals surface area contributed by atoms with Gasteiger partial charge in [0.25, 0.3) is 0 Å². The number of hydrogen-bond donors (Lipinski definition) is 1. The fourth-order valence-electron chi connectivity index (χ4n) is 1.43. The number of amides is 1. The van der Waals surface area contributed by atoms with Crippen LogP contribution in [0, 0.1) is 0 Å². The molecule has 4 heteroatoms. The van der Waals surface area contributed by atoms with Crippen molar-refractivity contribution in [2.75, 3.05) is 19.8 Å². The Labute approximate surface area is 94.6 Å². The van der Waals surface area contributed by atoms with Crippen LogP contribution in [0.1, 0.15) is 5.56 Å². The van der Waals surface area contributed by atoms with Crippen LogP contribution in [0.2, 0.25) is 0 Å². The minimum Gasteiger partial charge on any atom is -0.449 e. The molecule has 0 aromatic heterocycles. The van der Waals surface area contributed by atoms with E-state index in [-0.39, 0.29) is 12.1 Å². The van der Waals surface area contributed by atoms with Gasteiger partial charge >= 0.3 is 6.09 Å². The highest BCUT2D eigenvalue weighted by Crippen LogP contribution is 2.01. The third kappa shape index (κ3) is 3.24. The lowest BCUT2D eigenvalue weighted by atomic mass is 10.2. The van der Waals surface area contributed by atoms with Gasteiger partial charge in [0.05, 0.1) is 25.9 Å². The van der Waals surface area contributed by atoms with E-state index in [0.717, 1.165) is 6.42 Å². The van der Waals surface area contributed by atoms with E-state index in [0.29, 0.717) is 19.8 Å². The number of carbonyl (C=O) groups is 1. The molecule has 86 valence electrons. The van der Waals surface area contributed by atoms with Crippen molar-refractivity contribution in [2.24, 2.45) is 0 Å². The Morgan fingerprint density at radius 1 is 1.38 bits per heavy atom. The third-order valence-electron chi connectivity index (χ3n) is 2.43. The lowest BCUT2D eigenvalue weighted by molar-refractivity contribution is -0.00534. The van der Waals surface area contributed by atoms with Crippen LogP contribution in [-0.2, 0) is 15.9 Å². The van der Waals surface area contributed by atoms with Crippen LogP contribution in [0.4, 0.5) is 4.79 Å². The first-order chi connectivity index (χ1) is 7.84. The average molecular weight is 221 g/mol. The summed E-state index contributed by atoms with van der Waals surface area (Å²) < 4.78 is 9.99. The Bertz CT molecular complexity index is 335. The van der Waals surface area contributed by atoms with E-state index >= 15 is 0 Å². The Hall–Kier alpha value is -1.55. The molecule has 2 rings (SSSR count). The molecule has 1 N–H and O–H groups in total. The Morgan fingerprint density at radius 3 is 2.75 bits per heavy atom. The van der Waals surface area contributed by atoms with Crippen molar-refractivity contribution in [1.82, 2.24) is 5.32 Å². The van der Waals surface area contributed by atoms with Gasteiger partial charge in [-0.2, -0.15) is 0 Å². The lowest BCUT2D eigenvalue weighted by Gasteiger charge is -2.26. The lowest BCUT2D eigenvalue weighted by Crippen LogP contribution is -2.48. The second kappa shape index (κ2) is 5.51. The summed E-state index contributed by atoms with van der Waals surface area (Å²) in [5.74, 6) is 0. The topological polar surface area (TPSA) is 47.6 Å². The van der Waals surface area contributed by atoms with E-state index in [1.807, 2.05) is 30.3 Å². The summed E-state index contributed by atoms with van der Waals surface area (Å²) in [5, 5.41) is 2.72. The summed E-state index contributed by atoms with van der Waals surface area (Å²) in [6, 6.07) is 10.1. The first kappa shape index (κ1) is 11.0. The Kier molecular flexibility index (Phi) is 3.77. The fourth-order valence-corrected chi connectivity index (χ4v) is 1.43. The van der Waals surface area contributed by atoms with Gasteiger partial charge in [0.15, 0.2) is 0 Å². The SMILES string of the molecule is O=C(NC1COC1)OCCc1ccccc1. The van der Waals surface area contributed by atoms with Crippen LogP contribution < -0.4 is 5.32 Å². The number of benzene rings is 1. The maximum atomic E-state index is 11.2. The Morgan fingerprint density at radius 2 is 2.12 bits per heavy atom. The van der Waals surface area contributed by atoms with Gasteiger partial charge in [0.2, 0.25) is 0 Å². The number of hydrogen-bond acceptors (Lipinski definition) is 3. The molecule has 1 amide bonds. The van der Waals surface area contributed by atoms with Crippen LogP contribution in [-0.4, -0.2) is 32.0 Å². The molecular weight excluding hydrogens is 206 g/mol. The van der Waals surface area contributed by atoms with E-state index < -0.39 is 0 Å². The highest BCUT2D eigenvalue weighted by molar-refractivity contribution is 5.67. The zero-order valence-electron chi connectivity index (χ0n) is 9.02. The Balaban J connectivity index is 1.62. The molecule has 16 heavy (non-hydrogen) atoms. The number of ether oxygens (including phenoxy) is 2. The molecule has 1 aromatic rings. The fraction of sp³-hybridized carbons (Fsp3) is 0.417. The molecule has 0 unspecified atom stereocenters. The molecular formula is C12H15NO3. The monoisotopic (exact) mass is 221 g/mol. The number of carbonyl (C=O) groups excluding carboxylic acids is 1. The van der Waals surface area contributed by atoms with Crippen LogP contribution in [0.25, 0.3) is 0 Å². The third-order valence-corrected chi connectivity index (χ3v) is 2.43. The van der Waals surface area contributed by atoms with Crippen molar-refractivity contribution in [1.29, 1.82) is 0 Å². The van der Waals surface area contributed by atoms with E-state index in [4.69, 9.17) is 9.47 Å². The van der Waals surface area contributed by atoms with Gasteiger partial charge < -0.3 is 14.8 Å². The second-order valence-corrected chi connectivity index (χ2v) is 3.75. The largest absolute Gasteiger partial charge is 0.449 e. The van der Waals surface area contributed by atoms with Gasteiger partial charge in [0, 0.05) is 6.42 Å². The predicted octanol–water partition coefficient (Wildman–Crippen LogP) is 1.35. The van der Waals surface area contributed by atoms with Crippen molar-refractivity contribution in [3.63, 3.8) is 0 Å². The number of rotatable bonds is 4. The highest BCUT2D eigenvalue weighted by Gasteiger charge is 2.20. The summed E-state index contributed by atoms with van der Waals surface area (Å²) in [4.78, 5) is 11.2. The van der Waals surface area contributed by atoms with E-state index in [1.165, 1.54) is 5.56 Å². The van der Waals surface area contributed by atoms with Gasteiger partial charge in [0.1, 0.15) is 0 Å². The minimum absolute atomic E-state index is 0.129. The van der Waals surface area contributed by atoms with E-state index in [9.17, 15) is 4.79 Å². The normalized spacial score (nSPS) is 15.2. The van der Waals surface area contributed by atoms with Crippen molar-refractivity contribution in [3.05, 3.63) is 35.9 Å². The summed E-state index contributed by atoms with van der Waals surface area (Å²) in [6.07, 6.45) is 0.388. The second-order valence-electron chi connectivity index (χ2n) is 3.75. The van der Waals surface area contributed by atoms with Crippen molar-refractivity contribution >= 4 is 6.09 Å². The first-order valence-electron chi connectivity index (χ1n) is 5.39. The number of alkyl carbamates (subject to hydrolysis) is 1. The molecule has 1 fully saturated rings.